The van der Waals surface area contributed by atoms with Crippen LogP contribution >= 0.6 is 0 Å². The van der Waals surface area contributed by atoms with Gasteiger partial charge < -0.3 is 0 Å². The van der Waals surface area contributed by atoms with Gasteiger partial charge in [0.15, 0.2) is 17.4 Å². The third-order valence-electron chi connectivity index (χ3n) is 3.67. The molecule has 0 atom stereocenters. The fraction of sp³-hybridized carbons (Fsp3) is 0.278. The number of Topliss-reactive ketones (excluding diaryl/α,β-unsaturated/α-hetero) is 1. The second kappa shape index (κ2) is 6.61. The van der Waals surface area contributed by atoms with E-state index in [1.54, 1.807) is 6.07 Å². The van der Waals surface area contributed by atoms with E-state index in [1.807, 2.05) is 19.1 Å². The molecule has 0 N–H and O–H groups in total. The Balaban J connectivity index is 2.26. The van der Waals surface area contributed by atoms with Gasteiger partial charge in [0.25, 0.3) is 0 Å². The molecule has 0 aliphatic heterocycles. The molecule has 0 saturated heterocycles. The molecule has 0 radical (unpaired) electrons. The van der Waals surface area contributed by atoms with Crippen molar-refractivity contribution in [2.75, 3.05) is 0 Å². The van der Waals surface area contributed by atoms with Gasteiger partial charge in [-0.25, -0.2) is 8.78 Å². The number of carbonyl (C=O) groups is 1. The van der Waals surface area contributed by atoms with Crippen molar-refractivity contribution in [3.05, 3.63) is 70.3 Å². The lowest BCUT2D eigenvalue weighted by Gasteiger charge is -2.09. The number of hydrogen-bond acceptors (Lipinski definition) is 1. The van der Waals surface area contributed by atoms with Crippen LogP contribution in [0.4, 0.5) is 8.78 Å². The third-order valence-corrected chi connectivity index (χ3v) is 3.67. The maximum atomic E-state index is 13.6. The van der Waals surface area contributed by atoms with E-state index in [0.29, 0.717) is 5.56 Å². The number of benzene rings is 2. The van der Waals surface area contributed by atoms with Gasteiger partial charge in [0.05, 0.1) is 0 Å². The van der Waals surface area contributed by atoms with Crippen molar-refractivity contribution in [1.82, 2.24) is 0 Å². The summed E-state index contributed by atoms with van der Waals surface area (Å²) in [4.78, 5) is 12.3. The first-order chi connectivity index (χ1) is 10.1. The van der Waals surface area contributed by atoms with Gasteiger partial charge in [-0.1, -0.05) is 38.1 Å². The van der Waals surface area contributed by atoms with E-state index in [9.17, 15) is 13.6 Å². The van der Waals surface area contributed by atoms with Crippen LogP contribution in [0, 0.1) is 11.6 Å². The number of carbonyl (C=O) groups excluding carboxylic acids is 1. The Labute approximate surface area is 123 Å². The normalized spacial score (nSPS) is 10.7. The molecule has 0 amide bonds. The van der Waals surface area contributed by atoms with Crippen molar-refractivity contribution in [3.63, 3.8) is 0 Å². The molecule has 3 heteroatoms. The number of halogens is 2. The molecule has 0 aliphatic rings. The zero-order valence-electron chi connectivity index (χ0n) is 12.2. The van der Waals surface area contributed by atoms with E-state index in [1.165, 1.54) is 17.7 Å². The van der Waals surface area contributed by atoms with Crippen LogP contribution in [0.15, 0.2) is 36.4 Å². The number of aryl methyl sites for hydroxylation is 2. The Kier molecular flexibility index (Phi) is 4.84. The summed E-state index contributed by atoms with van der Waals surface area (Å²) < 4.78 is 26.8. The molecule has 1 nitrogen and oxygen atoms in total. The first kappa shape index (κ1) is 15.4. The Morgan fingerprint density at radius 3 is 2.33 bits per heavy atom. The van der Waals surface area contributed by atoms with E-state index in [4.69, 9.17) is 0 Å². The quantitative estimate of drug-likeness (QED) is 0.740. The van der Waals surface area contributed by atoms with Crippen molar-refractivity contribution >= 4 is 5.78 Å². The van der Waals surface area contributed by atoms with Crippen LogP contribution in [0.1, 0.15) is 40.9 Å². The van der Waals surface area contributed by atoms with Gasteiger partial charge in [-0.05, 0) is 41.7 Å². The monoisotopic (exact) mass is 288 g/mol. The third kappa shape index (κ3) is 3.35. The molecule has 0 aromatic heterocycles. The van der Waals surface area contributed by atoms with Crippen molar-refractivity contribution in [2.45, 2.75) is 33.1 Å². The van der Waals surface area contributed by atoms with Gasteiger partial charge in [0, 0.05) is 12.0 Å². The first-order valence-corrected chi connectivity index (χ1v) is 7.14. The van der Waals surface area contributed by atoms with Crippen LogP contribution < -0.4 is 0 Å². The average molecular weight is 288 g/mol. The summed E-state index contributed by atoms with van der Waals surface area (Å²) in [5.74, 6) is -2.06. The molecular formula is C18H18F2O. The van der Waals surface area contributed by atoms with Gasteiger partial charge in [-0.15, -0.1) is 0 Å². The second-order valence-electron chi connectivity index (χ2n) is 5.00. The molecule has 110 valence electrons. The number of hydrogen-bond donors (Lipinski definition) is 0. The van der Waals surface area contributed by atoms with Crippen molar-refractivity contribution < 1.29 is 13.6 Å². The van der Waals surface area contributed by atoms with E-state index in [0.717, 1.165) is 24.5 Å². The highest BCUT2D eigenvalue weighted by atomic mass is 19.2. The molecule has 0 heterocycles. The summed E-state index contributed by atoms with van der Waals surface area (Å²) in [6, 6.07) is 9.47. The first-order valence-electron chi connectivity index (χ1n) is 7.14. The SMILES string of the molecule is CCc1ccc(C(=O)Cc2cccc(F)c2F)cc1CC. The Bertz CT molecular complexity index is 662. The van der Waals surface area contributed by atoms with Crippen molar-refractivity contribution in [1.29, 1.82) is 0 Å². The van der Waals surface area contributed by atoms with E-state index >= 15 is 0 Å². The van der Waals surface area contributed by atoms with Gasteiger partial charge in [0.1, 0.15) is 0 Å². The van der Waals surface area contributed by atoms with Crippen LogP contribution in [0.5, 0.6) is 0 Å². The van der Waals surface area contributed by atoms with Gasteiger partial charge in [0.2, 0.25) is 0 Å². The van der Waals surface area contributed by atoms with Crippen molar-refractivity contribution in [2.24, 2.45) is 0 Å². The van der Waals surface area contributed by atoms with E-state index in [-0.39, 0.29) is 17.8 Å². The second-order valence-corrected chi connectivity index (χ2v) is 5.00. The largest absolute Gasteiger partial charge is 0.294 e. The summed E-state index contributed by atoms with van der Waals surface area (Å²) in [6.07, 6.45) is 1.63. The molecular weight excluding hydrogens is 270 g/mol. The Hall–Kier alpha value is -2.03. The zero-order chi connectivity index (χ0) is 15.4. The lowest BCUT2D eigenvalue weighted by atomic mass is 9.96. The molecule has 0 saturated carbocycles. The molecule has 2 rings (SSSR count). The molecule has 2 aromatic rings. The Morgan fingerprint density at radius 2 is 1.67 bits per heavy atom. The van der Waals surface area contributed by atoms with Crippen LogP contribution in [0.3, 0.4) is 0 Å². The highest BCUT2D eigenvalue weighted by Crippen LogP contribution is 2.18. The summed E-state index contributed by atoms with van der Waals surface area (Å²) >= 11 is 0. The molecule has 0 unspecified atom stereocenters. The lowest BCUT2D eigenvalue weighted by molar-refractivity contribution is 0.0991. The maximum absolute atomic E-state index is 13.6. The van der Waals surface area contributed by atoms with Crippen LogP contribution in [0.2, 0.25) is 0 Å². The zero-order valence-corrected chi connectivity index (χ0v) is 12.2. The topological polar surface area (TPSA) is 17.1 Å². The molecule has 0 spiro atoms. The number of rotatable bonds is 5. The van der Waals surface area contributed by atoms with Gasteiger partial charge in [-0.3, -0.25) is 4.79 Å². The molecule has 0 bridgehead atoms. The fourth-order valence-corrected chi connectivity index (χ4v) is 2.43. The lowest BCUT2D eigenvalue weighted by Crippen LogP contribution is -2.07. The molecule has 21 heavy (non-hydrogen) atoms. The van der Waals surface area contributed by atoms with E-state index in [2.05, 4.69) is 6.92 Å². The average Bonchev–Trinajstić information content (AvgIpc) is 2.51. The number of ketones is 1. The minimum Gasteiger partial charge on any atom is -0.294 e. The summed E-state index contributed by atoms with van der Waals surface area (Å²) in [7, 11) is 0. The highest BCUT2D eigenvalue weighted by Gasteiger charge is 2.14. The van der Waals surface area contributed by atoms with Crippen LogP contribution in [-0.2, 0) is 19.3 Å². The molecule has 2 aromatic carbocycles. The van der Waals surface area contributed by atoms with Gasteiger partial charge >= 0.3 is 0 Å². The standard InChI is InChI=1S/C18H18F2O/c1-3-12-8-9-14(10-13(12)4-2)17(21)11-15-6-5-7-16(19)18(15)20/h5-10H,3-4,11H2,1-2H3. The van der Waals surface area contributed by atoms with E-state index < -0.39 is 11.6 Å². The van der Waals surface area contributed by atoms with Gasteiger partial charge in [-0.2, -0.15) is 0 Å². The predicted octanol–water partition coefficient (Wildman–Crippen LogP) is 4.52. The molecule has 0 fully saturated rings. The summed E-state index contributed by atoms with van der Waals surface area (Å²) in [5.41, 5.74) is 2.99. The highest BCUT2D eigenvalue weighted by molar-refractivity contribution is 5.97. The minimum absolute atomic E-state index is 0.0950. The predicted molar refractivity (Wildman–Crippen MR) is 79.6 cm³/mol. The summed E-state index contributed by atoms with van der Waals surface area (Å²) in [5, 5.41) is 0. The Morgan fingerprint density at radius 1 is 0.952 bits per heavy atom. The van der Waals surface area contributed by atoms with Crippen LogP contribution in [-0.4, -0.2) is 5.78 Å². The smallest absolute Gasteiger partial charge is 0.167 e. The fourth-order valence-electron chi connectivity index (χ4n) is 2.43. The maximum Gasteiger partial charge on any atom is 0.167 e. The minimum atomic E-state index is -0.938. The van der Waals surface area contributed by atoms with Crippen LogP contribution in [0.25, 0.3) is 0 Å². The molecule has 0 aliphatic carbocycles. The van der Waals surface area contributed by atoms with Crippen molar-refractivity contribution in [3.8, 4) is 0 Å². The summed E-state index contributed by atoms with van der Waals surface area (Å²) in [6.45, 7) is 4.10.